The minimum Gasteiger partial charge on any atom is -0.0804 e. The summed E-state index contributed by atoms with van der Waals surface area (Å²) in [5.41, 5.74) is 2.73. The van der Waals surface area contributed by atoms with E-state index in [9.17, 15) is 0 Å². The number of rotatable bonds is 1. The maximum Gasteiger partial charge on any atom is 0.0181 e. The van der Waals surface area contributed by atoms with E-state index in [-0.39, 0.29) is 0 Å². The Balaban J connectivity index is 2.34. The normalized spacial score (nSPS) is 21.9. The van der Waals surface area contributed by atoms with Gasteiger partial charge in [0.25, 0.3) is 0 Å². The quantitative estimate of drug-likeness (QED) is 0.690. The maximum atomic E-state index is 4.20. The second-order valence-electron chi connectivity index (χ2n) is 3.80. The van der Waals surface area contributed by atoms with E-state index < -0.39 is 0 Å². The van der Waals surface area contributed by atoms with Crippen LogP contribution in [0.1, 0.15) is 24.8 Å². The van der Waals surface area contributed by atoms with E-state index in [4.69, 9.17) is 0 Å². The van der Waals surface area contributed by atoms with Crippen LogP contribution in [0.15, 0.2) is 34.8 Å². The van der Waals surface area contributed by atoms with Gasteiger partial charge in [-0.05, 0) is 55.4 Å². The van der Waals surface area contributed by atoms with Crippen LogP contribution in [0, 0.1) is 12.8 Å². The molecule has 0 amide bonds. The molecule has 1 aromatic carbocycles. The molecule has 0 spiro atoms. The number of halogens is 1. The van der Waals surface area contributed by atoms with Crippen molar-refractivity contribution in [2.45, 2.75) is 19.3 Å². The van der Waals surface area contributed by atoms with Crippen molar-refractivity contribution in [3.63, 3.8) is 0 Å². The summed E-state index contributed by atoms with van der Waals surface area (Å²) in [4.78, 5) is 0. The first-order valence-electron chi connectivity index (χ1n) is 5.06. The molecule has 0 saturated carbocycles. The largest absolute Gasteiger partial charge is 0.0804 e. The smallest absolute Gasteiger partial charge is 0.0181 e. The highest BCUT2D eigenvalue weighted by Crippen LogP contribution is 2.32. The summed E-state index contributed by atoms with van der Waals surface area (Å²) in [6.45, 7) is 4.20. The molecular formula is C13H14Br. The summed E-state index contributed by atoms with van der Waals surface area (Å²) < 4.78 is 1.15. The lowest BCUT2D eigenvalue weighted by Crippen LogP contribution is -2.03. The summed E-state index contributed by atoms with van der Waals surface area (Å²) in [6, 6.07) is 8.49. The van der Waals surface area contributed by atoms with Gasteiger partial charge in [0, 0.05) is 4.47 Å². The summed E-state index contributed by atoms with van der Waals surface area (Å²) in [7, 11) is 0. The van der Waals surface area contributed by atoms with Crippen molar-refractivity contribution in [1.29, 1.82) is 0 Å². The molecule has 1 radical (unpaired) electrons. The van der Waals surface area contributed by atoms with Gasteiger partial charge >= 0.3 is 0 Å². The van der Waals surface area contributed by atoms with Gasteiger partial charge in [0.2, 0.25) is 0 Å². The number of benzene rings is 1. The summed E-state index contributed by atoms with van der Waals surface area (Å²) in [5, 5.41) is 0. The second-order valence-corrected chi connectivity index (χ2v) is 4.71. The van der Waals surface area contributed by atoms with Crippen molar-refractivity contribution < 1.29 is 0 Å². The van der Waals surface area contributed by atoms with Gasteiger partial charge in [-0.25, -0.2) is 0 Å². The van der Waals surface area contributed by atoms with Crippen molar-refractivity contribution in [2.24, 2.45) is 5.92 Å². The Kier molecular flexibility index (Phi) is 3.07. The standard InChI is InChI=1S/C13H14Br/c1-10-5-2-3-8-13(10)11-6-4-7-12(14)9-11/h4,6-10H,1-3,5H2. The topological polar surface area (TPSA) is 0 Å². The molecule has 1 aliphatic carbocycles. The molecule has 0 aliphatic heterocycles. The first-order chi connectivity index (χ1) is 6.77. The zero-order valence-corrected chi connectivity index (χ0v) is 9.76. The fraction of sp³-hybridized carbons (Fsp3) is 0.308. The van der Waals surface area contributed by atoms with Crippen LogP contribution in [0.3, 0.4) is 0 Å². The minimum atomic E-state index is 0.470. The van der Waals surface area contributed by atoms with E-state index in [1.165, 1.54) is 30.4 Å². The Morgan fingerprint density at radius 2 is 2.21 bits per heavy atom. The molecule has 1 unspecified atom stereocenters. The SMILES string of the molecule is [CH2]C1CCCC=C1c1cccc(Br)c1. The molecule has 0 aromatic heterocycles. The Labute approximate surface area is 94.2 Å². The number of hydrogen-bond donors (Lipinski definition) is 0. The molecule has 0 heterocycles. The van der Waals surface area contributed by atoms with Gasteiger partial charge in [-0.15, -0.1) is 0 Å². The molecule has 1 atom stereocenters. The van der Waals surface area contributed by atoms with Gasteiger partial charge in [0.1, 0.15) is 0 Å². The van der Waals surface area contributed by atoms with E-state index in [0.717, 1.165) is 4.47 Å². The lowest BCUT2D eigenvalue weighted by Gasteiger charge is -2.20. The molecule has 1 aliphatic rings. The van der Waals surface area contributed by atoms with E-state index in [2.05, 4.69) is 53.2 Å². The molecule has 0 N–H and O–H groups in total. The van der Waals surface area contributed by atoms with Crippen LogP contribution in [0.4, 0.5) is 0 Å². The molecular weight excluding hydrogens is 236 g/mol. The fourth-order valence-electron chi connectivity index (χ4n) is 1.97. The van der Waals surface area contributed by atoms with Crippen LogP contribution in [0.2, 0.25) is 0 Å². The first-order valence-corrected chi connectivity index (χ1v) is 5.86. The molecule has 0 bridgehead atoms. The third-order valence-electron chi connectivity index (χ3n) is 2.72. The minimum absolute atomic E-state index is 0.470. The molecule has 2 rings (SSSR count). The van der Waals surface area contributed by atoms with Gasteiger partial charge in [-0.3, -0.25) is 0 Å². The Morgan fingerprint density at radius 1 is 1.36 bits per heavy atom. The Hall–Kier alpha value is -0.560. The van der Waals surface area contributed by atoms with Crippen LogP contribution in [0.5, 0.6) is 0 Å². The van der Waals surface area contributed by atoms with Gasteiger partial charge in [-0.1, -0.05) is 34.1 Å². The van der Waals surface area contributed by atoms with Crippen LogP contribution in [0.25, 0.3) is 5.57 Å². The molecule has 0 saturated heterocycles. The van der Waals surface area contributed by atoms with Crippen molar-refractivity contribution >= 4 is 21.5 Å². The third-order valence-corrected chi connectivity index (χ3v) is 3.21. The number of allylic oxidation sites excluding steroid dienone is 2. The lowest BCUT2D eigenvalue weighted by molar-refractivity contribution is 0.644. The predicted octanol–water partition coefficient (Wildman–Crippen LogP) is 4.47. The fourth-order valence-corrected chi connectivity index (χ4v) is 2.36. The van der Waals surface area contributed by atoms with E-state index in [1.807, 2.05) is 0 Å². The molecule has 0 fully saturated rings. The van der Waals surface area contributed by atoms with Gasteiger partial charge in [0.15, 0.2) is 0 Å². The average molecular weight is 250 g/mol. The average Bonchev–Trinajstić information content (AvgIpc) is 2.18. The first kappa shape index (κ1) is 9.97. The van der Waals surface area contributed by atoms with Crippen molar-refractivity contribution in [2.75, 3.05) is 0 Å². The third kappa shape index (κ3) is 2.09. The van der Waals surface area contributed by atoms with E-state index >= 15 is 0 Å². The van der Waals surface area contributed by atoms with Crippen LogP contribution < -0.4 is 0 Å². The highest BCUT2D eigenvalue weighted by molar-refractivity contribution is 9.10. The zero-order valence-electron chi connectivity index (χ0n) is 8.17. The van der Waals surface area contributed by atoms with Gasteiger partial charge < -0.3 is 0 Å². The molecule has 0 nitrogen and oxygen atoms in total. The highest BCUT2D eigenvalue weighted by atomic mass is 79.9. The van der Waals surface area contributed by atoms with Crippen LogP contribution in [-0.4, -0.2) is 0 Å². The van der Waals surface area contributed by atoms with Crippen molar-refractivity contribution in [3.05, 3.63) is 47.3 Å². The van der Waals surface area contributed by atoms with Crippen molar-refractivity contribution in [1.82, 2.24) is 0 Å². The maximum absolute atomic E-state index is 4.20. The van der Waals surface area contributed by atoms with Crippen LogP contribution in [-0.2, 0) is 0 Å². The second kappa shape index (κ2) is 4.31. The highest BCUT2D eigenvalue weighted by Gasteiger charge is 2.14. The summed E-state index contributed by atoms with van der Waals surface area (Å²) in [5.74, 6) is 0.470. The van der Waals surface area contributed by atoms with E-state index in [1.54, 1.807) is 0 Å². The summed E-state index contributed by atoms with van der Waals surface area (Å²) in [6.07, 6.45) is 6.04. The van der Waals surface area contributed by atoms with Crippen LogP contribution >= 0.6 is 15.9 Å². The Morgan fingerprint density at radius 3 is 2.93 bits per heavy atom. The molecule has 14 heavy (non-hydrogen) atoms. The predicted molar refractivity (Wildman–Crippen MR) is 64.8 cm³/mol. The van der Waals surface area contributed by atoms with E-state index in [0.29, 0.717) is 5.92 Å². The van der Waals surface area contributed by atoms with Gasteiger partial charge in [-0.2, -0.15) is 0 Å². The molecule has 1 aromatic rings. The zero-order chi connectivity index (χ0) is 9.97. The monoisotopic (exact) mass is 249 g/mol. The number of hydrogen-bond acceptors (Lipinski definition) is 0. The van der Waals surface area contributed by atoms with Gasteiger partial charge in [0.05, 0.1) is 0 Å². The molecule has 1 heteroatoms. The summed E-state index contributed by atoms with van der Waals surface area (Å²) >= 11 is 3.50. The molecule has 73 valence electrons. The lowest BCUT2D eigenvalue weighted by atomic mass is 9.85. The van der Waals surface area contributed by atoms with Crippen molar-refractivity contribution in [3.8, 4) is 0 Å². The Bertz CT molecular complexity index is 352.